The fourth-order valence-electron chi connectivity index (χ4n) is 8.12. The fourth-order valence-corrected chi connectivity index (χ4v) is 8.26. The third-order valence-corrected chi connectivity index (χ3v) is 9.33. The van der Waals surface area contributed by atoms with Gasteiger partial charge in [0, 0.05) is 11.1 Å². The summed E-state index contributed by atoms with van der Waals surface area (Å²) in [6.07, 6.45) is 7.56. The Labute approximate surface area is 235 Å². The number of hydrogen-bond acceptors (Lipinski definition) is 6. The first-order valence-corrected chi connectivity index (χ1v) is 14.3. The van der Waals surface area contributed by atoms with Gasteiger partial charge < -0.3 is 18.6 Å². The van der Waals surface area contributed by atoms with Crippen LogP contribution in [0, 0.1) is 24.7 Å². The van der Waals surface area contributed by atoms with E-state index in [4.69, 9.17) is 18.6 Å². The van der Waals surface area contributed by atoms with E-state index in [-0.39, 0.29) is 12.0 Å². The molecule has 0 aromatic heterocycles. The van der Waals surface area contributed by atoms with Crippen LogP contribution < -0.4 is 9.47 Å². The highest BCUT2D eigenvalue weighted by Crippen LogP contribution is 2.62. The van der Waals surface area contributed by atoms with Gasteiger partial charge in [0.15, 0.2) is 0 Å². The monoisotopic (exact) mass is 547 g/mol. The second-order valence-electron chi connectivity index (χ2n) is 13.0. The van der Waals surface area contributed by atoms with Crippen molar-refractivity contribution >= 4 is 22.4 Å². The molecule has 4 saturated carbocycles. The van der Waals surface area contributed by atoms with Crippen LogP contribution in [-0.4, -0.2) is 36.6 Å². The minimum Gasteiger partial charge on any atom is -0.496 e. The van der Waals surface area contributed by atoms with E-state index in [1.807, 2.05) is 39.8 Å². The van der Waals surface area contributed by atoms with Gasteiger partial charge in [0.25, 0.3) is 0 Å². The van der Waals surface area contributed by atoms with Gasteiger partial charge in [-0.2, -0.15) is 0 Å². The number of hydrogen-bond donors (Lipinski definition) is 0. The van der Waals surface area contributed by atoms with Crippen LogP contribution in [0.4, 0.5) is 0 Å². The molecule has 0 unspecified atom stereocenters. The molecule has 4 aliphatic rings. The normalized spacial score (nSPS) is 25.5. The second-order valence-corrected chi connectivity index (χ2v) is 13.2. The van der Waals surface area contributed by atoms with Crippen LogP contribution in [0.1, 0.15) is 102 Å². The molecule has 0 saturated heterocycles. The zero-order valence-corrected chi connectivity index (χ0v) is 24.9. The smallest absolute Gasteiger partial charge is 0.343 e. The Morgan fingerprint density at radius 2 is 1.59 bits per heavy atom. The van der Waals surface area contributed by atoms with E-state index < -0.39 is 17.4 Å². The number of carbonyl (C=O) groups excluding carboxylic acids is 2. The van der Waals surface area contributed by atoms with E-state index in [1.165, 1.54) is 45.6 Å². The summed E-state index contributed by atoms with van der Waals surface area (Å²) in [5, 5.41) is 0. The van der Waals surface area contributed by atoms with Gasteiger partial charge in [0.05, 0.1) is 32.0 Å². The Bertz CT molecular complexity index is 1260. The first kappa shape index (κ1) is 27.9. The summed E-state index contributed by atoms with van der Waals surface area (Å²) in [6.45, 7) is 8.02. The zero-order chi connectivity index (χ0) is 28.1. The lowest BCUT2D eigenvalue weighted by atomic mass is 9.48. The summed E-state index contributed by atoms with van der Waals surface area (Å²) in [4.78, 5) is 26.4. The molecule has 4 aliphatic carbocycles. The highest BCUT2D eigenvalue weighted by Gasteiger charge is 2.52. The van der Waals surface area contributed by atoms with Gasteiger partial charge in [-0.3, -0.25) is 0 Å². The third-order valence-electron chi connectivity index (χ3n) is 9.18. The van der Waals surface area contributed by atoms with Gasteiger partial charge in [-0.25, -0.2) is 9.59 Å². The molecule has 4 bridgehead atoms. The number of benzene rings is 2. The number of methoxy groups -OCH3 is 2. The highest BCUT2D eigenvalue weighted by atomic mass is 28.2. The molecule has 4 fully saturated rings. The molecular formula is C32H39O6Si. The van der Waals surface area contributed by atoms with Crippen molar-refractivity contribution in [3.05, 3.63) is 57.6 Å². The first-order chi connectivity index (χ1) is 18.5. The zero-order valence-electron chi connectivity index (χ0n) is 23.9. The molecule has 6 nitrogen and oxygen atoms in total. The molecule has 39 heavy (non-hydrogen) atoms. The van der Waals surface area contributed by atoms with Crippen molar-refractivity contribution in [1.29, 1.82) is 0 Å². The van der Waals surface area contributed by atoms with Crippen molar-refractivity contribution in [2.24, 2.45) is 17.8 Å². The van der Waals surface area contributed by atoms with Crippen molar-refractivity contribution in [1.82, 2.24) is 0 Å². The number of rotatable bonds is 7. The topological polar surface area (TPSA) is 71.1 Å². The van der Waals surface area contributed by atoms with Gasteiger partial charge in [0.1, 0.15) is 11.5 Å². The summed E-state index contributed by atoms with van der Waals surface area (Å²) in [6, 6.07) is 7.44. The maximum Gasteiger partial charge on any atom is 0.343 e. The maximum absolute atomic E-state index is 13.8. The Hall–Kier alpha value is -2.64. The van der Waals surface area contributed by atoms with Crippen molar-refractivity contribution in [2.45, 2.75) is 83.7 Å². The number of carbonyl (C=O) groups is 2. The van der Waals surface area contributed by atoms with Crippen LogP contribution in [0.2, 0.25) is 0 Å². The third kappa shape index (κ3) is 5.04. The van der Waals surface area contributed by atoms with Crippen LogP contribution in [0.5, 0.6) is 11.5 Å². The molecule has 207 valence electrons. The molecule has 2 aromatic rings. The molecule has 0 N–H and O–H groups in total. The van der Waals surface area contributed by atoms with Crippen LogP contribution >= 0.6 is 0 Å². The Morgan fingerprint density at radius 1 is 0.974 bits per heavy atom. The summed E-state index contributed by atoms with van der Waals surface area (Å²) in [5.41, 5.74) is 3.73. The predicted molar refractivity (Wildman–Crippen MR) is 150 cm³/mol. The fraction of sp³-hybridized carbons (Fsp3) is 0.562. The quantitative estimate of drug-likeness (QED) is 0.228. The van der Waals surface area contributed by atoms with Gasteiger partial charge >= 0.3 is 11.9 Å². The van der Waals surface area contributed by atoms with Crippen molar-refractivity contribution in [3.63, 3.8) is 0 Å². The second kappa shape index (κ2) is 10.4. The number of esters is 2. The first-order valence-electron chi connectivity index (χ1n) is 13.9. The molecule has 0 atom stereocenters. The minimum absolute atomic E-state index is 0.0746. The largest absolute Gasteiger partial charge is 0.496 e. The Balaban J connectivity index is 1.55. The van der Waals surface area contributed by atoms with E-state index in [0.29, 0.717) is 28.0 Å². The average Bonchev–Trinajstić information content (AvgIpc) is 2.88. The van der Waals surface area contributed by atoms with E-state index in [2.05, 4.69) is 10.5 Å². The summed E-state index contributed by atoms with van der Waals surface area (Å²) in [7, 11) is 6.16. The van der Waals surface area contributed by atoms with E-state index >= 15 is 0 Å². The SMILES string of the molecule is COC(=O)c1cc(C)c(OC(=O)c2ccc(OC)c(C34CC5CC(CC(C5)C3)C4)c2)c(C(C)(C)C)c1CO[Si]. The van der Waals surface area contributed by atoms with Crippen LogP contribution in [0.25, 0.3) is 0 Å². The Kier molecular flexibility index (Phi) is 7.44. The number of aryl methyl sites for hydroxylation is 1. The van der Waals surface area contributed by atoms with Gasteiger partial charge in [-0.05, 0) is 109 Å². The molecule has 0 spiro atoms. The highest BCUT2D eigenvalue weighted by molar-refractivity contribution is 5.98. The molecule has 2 aromatic carbocycles. The van der Waals surface area contributed by atoms with Gasteiger partial charge in [-0.15, -0.1) is 0 Å². The van der Waals surface area contributed by atoms with Gasteiger partial charge in [-0.1, -0.05) is 20.8 Å². The molecular weight excluding hydrogens is 508 g/mol. The molecule has 0 heterocycles. The van der Waals surface area contributed by atoms with Crippen LogP contribution in [0.15, 0.2) is 24.3 Å². The van der Waals surface area contributed by atoms with E-state index in [0.717, 1.165) is 34.6 Å². The van der Waals surface area contributed by atoms with Gasteiger partial charge in [0.2, 0.25) is 10.5 Å². The molecule has 0 aliphatic heterocycles. The number of ether oxygens (including phenoxy) is 3. The standard InChI is InChI=1S/C32H39O6Si/c1-18-9-23(30(34)36-6)24(17-37-39)27(31(2,3)4)28(18)38-29(33)22-7-8-26(35-5)25(13-22)32-14-19-10-20(15-32)12-21(11-19)16-32/h7-9,13,19-21H,10-12,14-17H2,1-6H3. The van der Waals surface area contributed by atoms with Crippen molar-refractivity contribution in [3.8, 4) is 11.5 Å². The van der Waals surface area contributed by atoms with E-state index in [9.17, 15) is 9.59 Å². The summed E-state index contributed by atoms with van der Waals surface area (Å²) >= 11 is 0. The van der Waals surface area contributed by atoms with Crippen molar-refractivity contribution in [2.75, 3.05) is 14.2 Å². The Morgan fingerprint density at radius 3 is 2.10 bits per heavy atom. The predicted octanol–water partition coefficient (Wildman–Crippen LogP) is 6.37. The minimum atomic E-state index is -0.462. The lowest BCUT2D eigenvalue weighted by Crippen LogP contribution is -2.48. The van der Waals surface area contributed by atoms with E-state index in [1.54, 1.807) is 19.2 Å². The average molecular weight is 548 g/mol. The summed E-state index contributed by atoms with van der Waals surface area (Å²) < 4.78 is 22.4. The van der Waals surface area contributed by atoms with Crippen molar-refractivity contribution < 1.29 is 28.2 Å². The molecule has 0 amide bonds. The maximum atomic E-state index is 13.8. The van der Waals surface area contributed by atoms with Crippen LogP contribution in [0.3, 0.4) is 0 Å². The summed E-state index contributed by atoms with van der Waals surface area (Å²) in [5.74, 6) is 2.75. The lowest BCUT2D eigenvalue weighted by molar-refractivity contribution is -0.00618. The molecule has 3 radical (unpaired) electrons. The van der Waals surface area contributed by atoms with Crippen LogP contribution in [-0.2, 0) is 26.6 Å². The molecule has 7 heteroatoms. The molecule has 6 rings (SSSR count). The lowest BCUT2D eigenvalue weighted by Gasteiger charge is -2.57.